The topological polar surface area (TPSA) is 90.4 Å². The molecule has 4 unspecified atom stereocenters. The summed E-state index contributed by atoms with van der Waals surface area (Å²) in [7, 11) is 2.23. The summed E-state index contributed by atoms with van der Waals surface area (Å²) < 4.78 is 2.25. The van der Waals surface area contributed by atoms with E-state index in [0.29, 0.717) is 19.6 Å². The van der Waals surface area contributed by atoms with Gasteiger partial charge in [0.25, 0.3) is 0 Å². The van der Waals surface area contributed by atoms with Gasteiger partial charge < -0.3 is 25.3 Å². The lowest BCUT2D eigenvalue weighted by Crippen LogP contribution is -2.39. The molecular weight excluding hydrogens is 935 g/mol. The van der Waals surface area contributed by atoms with Crippen LogP contribution in [0.5, 0.6) is 0 Å². The third-order valence-corrected chi connectivity index (χ3v) is 16.8. The average Bonchev–Trinajstić information content (AvgIpc) is 3.40. The second-order valence-corrected chi connectivity index (χ2v) is 24.9. The van der Waals surface area contributed by atoms with E-state index in [4.69, 9.17) is 0 Å². The summed E-state index contributed by atoms with van der Waals surface area (Å²) >= 11 is 0. The molecule has 76 heavy (non-hydrogen) atoms. The van der Waals surface area contributed by atoms with E-state index in [2.05, 4.69) is 49.1 Å². The molecule has 0 aromatic carbocycles. The van der Waals surface area contributed by atoms with Gasteiger partial charge in [0.05, 0.1) is 12.2 Å². The van der Waals surface area contributed by atoms with Crippen molar-refractivity contribution in [2.75, 3.05) is 52.9 Å². The number of aliphatic hydroxyl groups excluding tert-OH is 4. The first-order chi connectivity index (χ1) is 37.2. The smallest absolute Gasteiger partial charge is 0.168 e. The summed E-state index contributed by atoms with van der Waals surface area (Å²) in [5.74, 6) is 0. The summed E-state index contributed by atoms with van der Waals surface area (Å²) in [4.78, 5) is 4.81. The van der Waals surface area contributed by atoms with E-state index in [1.165, 1.54) is 270 Å². The summed E-state index contributed by atoms with van der Waals surface area (Å²) in [5.41, 5.74) is 0. The average molecular weight is 1080 g/mol. The number of nitrogens with zero attached hydrogens (tertiary/aromatic N) is 3. The Labute approximate surface area is 477 Å². The molecule has 0 saturated heterocycles. The second-order valence-electron chi connectivity index (χ2n) is 24.9. The van der Waals surface area contributed by atoms with Gasteiger partial charge in [0.1, 0.15) is 18.8 Å². The Morgan fingerprint density at radius 2 is 0.566 bits per heavy atom. The highest BCUT2D eigenvalue weighted by Gasteiger charge is 2.18. The third-order valence-electron chi connectivity index (χ3n) is 16.8. The van der Waals surface area contributed by atoms with Crippen LogP contribution in [0.2, 0.25) is 0 Å². The van der Waals surface area contributed by atoms with Crippen LogP contribution < -0.4 is 0 Å². The van der Waals surface area contributed by atoms with Gasteiger partial charge in [-0.3, -0.25) is 4.90 Å². The highest BCUT2D eigenvalue weighted by atomic mass is 16.3. The lowest BCUT2D eigenvalue weighted by molar-refractivity contribution is -0.535. The van der Waals surface area contributed by atoms with E-state index in [-0.39, 0.29) is 18.3 Å². The van der Waals surface area contributed by atoms with Gasteiger partial charge in [-0.15, -0.1) is 0 Å². The third kappa shape index (κ3) is 58.1. The minimum atomic E-state index is -0.457. The first kappa shape index (κ1) is 75.4. The summed E-state index contributed by atoms with van der Waals surface area (Å²) in [6, 6.07) is 0. The molecule has 0 heterocycles. The fourth-order valence-electron chi connectivity index (χ4n) is 11.7. The Morgan fingerprint density at radius 1 is 0.303 bits per heavy atom. The summed E-state index contributed by atoms with van der Waals surface area (Å²) in [6.45, 7) is 14.8. The van der Waals surface area contributed by atoms with Crippen molar-refractivity contribution in [3.63, 3.8) is 0 Å². The standard InChI is InChI=1S/C69H142N3O4/c1-6-10-14-18-22-26-30-34-38-42-46-50-56-68(75)64-72(65-69(76)57-51-47-43-39-35-31-27-23-19-15-11-7-2)61-53-59-70(5)58-52-60-71(62-66(73)54-48-44-40-36-32-28-24-20-16-12-8-3)63-67(74)55-49-45-41-37-33-29-25-21-17-13-9-4/h62,66-69,73-76H,6-61,63-65H2,1-5H3/q+1. The van der Waals surface area contributed by atoms with Gasteiger partial charge >= 0.3 is 0 Å². The minimum Gasteiger partial charge on any atom is -0.392 e. The lowest BCUT2D eigenvalue weighted by Gasteiger charge is -2.28. The van der Waals surface area contributed by atoms with Crippen LogP contribution in [0.1, 0.15) is 362 Å². The number of unbranched alkanes of at least 4 members (excludes halogenated alkanes) is 42. The highest BCUT2D eigenvalue weighted by Crippen LogP contribution is 2.18. The maximum Gasteiger partial charge on any atom is 0.168 e. The largest absolute Gasteiger partial charge is 0.392 e. The maximum atomic E-state index is 11.3. The van der Waals surface area contributed by atoms with Crippen molar-refractivity contribution in [2.24, 2.45) is 0 Å². The normalized spacial score (nSPS) is 13.9. The zero-order valence-electron chi connectivity index (χ0n) is 52.7. The monoisotopic (exact) mass is 1080 g/mol. The molecule has 7 nitrogen and oxygen atoms in total. The molecule has 0 aromatic rings. The van der Waals surface area contributed by atoms with E-state index < -0.39 is 6.10 Å². The number of aliphatic hydroxyl groups is 4. The van der Waals surface area contributed by atoms with Gasteiger partial charge in [-0.2, -0.15) is 0 Å². The van der Waals surface area contributed by atoms with Crippen molar-refractivity contribution in [2.45, 2.75) is 386 Å². The maximum absolute atomic E-state index is 11.3. The van der Waals surface area contributed by atoms with Gasteiger partial charge in [-0.05, 0) is 52.2 Å². The van der Waals surface area contributed by atoms with Crippen molar-refractivity contribution in [3.05, 3.63) is 0 Å². The molecule has 0 radical (unpaired) electrons. The van der Waals surface area contributed by atoms with E-state index in [1.54, 1.807) is 0 Å². The molecule has 4 N–H and O–H groups in total. The molecule has 0 bridgehead atoms. The van der Waals surface area contributed by atoms with Crippen molar-refractivity contribution < 1.29 is 25.0 Å². The summed E-state index contributed by atoms with van der Waals surface area (Å²) in [5, 5.41) is 44.9. The molecule has 0 rings (SSSR count). The molecule has 0 amide bonds. The van der Waals surface area contributed by atoms with Crippen LogP contribution in [-0.4, -0.2) is 118 Å². The molecule has 4 atom stereocenters. The fraction of sp³-hybridized carbons (Fsp3) is 0.986. The number of hydrogen-bond acceptors (Lipinski definition) is 6. The van der Waals surface area contributed by atoms with Gasteiger partial charge in [0, 0.05) is 26.1 Å². The van der Waals surface area contributed by atoms with Gasteiger partial charge in [-0.25, -0.2) is 4.58 Å². The second kappa shape index (κ2) is 62.0. The molecule has 0 aliphatic rings. The molecule has 7 heteroatoms. The van der Waals surface area contributed by atoms with Crippen LogP contribution in [0.15, 0.2) is 0 Å². The highest BCUT2D eigenvalue weighted by molar-refractivity contribution is 5.57. The lowest BCUT2D eigenvalue weighted by atomic mass is 10.0. The molecular formula is C69H142N3O4+. The predicted molar refractivity (Wildman–Crippen MR) is 337 cm³/mol. The first-order valence-electron chi connectivity index (χ1n) is 35.0. The molecule has 0 aliphatic carbocycles. The van der Waals surface area contributed by atoms with Gasteiger partial charge in [0.15, 0.2) is 12.8 Å². The van der Waals surface area contributed by atoms with Crippen molar-refractivity contribution >= 4 is 6.21 Å². The number of rotatable bonds is 65. The molecule has 456 valence electrons. The fourth-order valence-corrected chi connectivity index (χ4v) is 11.7. The van der Waals surface area contributed by atoms with Crippen LogP contribution in [0.3, 0.4) is 0 Å². The van der Waals surface area contributed by atoms with Gasteiger partial charge in [-0.1, -0.05) is 323 Å². The zero-order valence-corrected chi connectivity index (χ0v) is 52.7. The van der Waals surface area contributed by atoms with Crippen molar-refractivity contribution in [3.8, 4) is 0 Å². The molecule has 0 fully saturated rings. The Bertz CT molecular complexity index is 1090. The van der Waals surface area contributed by atoms with Crippen LogP contribution in [-0.2, 0) is 0 Å². The Kier molecular flexibility index (Phi) is 61.6. The van der Waals surface area contributed by atoms with Crippen LogP contribution in [0.25, 0.3) is 0 Å². The van der Waals surface area contributed by atoms with Crippen molar-refractivity contribution in [1.82, 2.24) is 9.80 Å². The van der Waals surface area contributed by atoms with Crippen LogP contribution in [0, 0.1) is 0 Å². The number of hydrogen-bond donors (Lipinski definition) is 4. The predicted octanol–water partition coefficient (Wildman–Crippen LogP) is 19.1. The van der Waals surface area contributed by atoms with Crippen LogP contribution in [0.4, 0.5) is 0 Å². The Hall–Kier alpha value is -0.570. The first-order valence-corrected chi connectivity index (χ1v) is 35.0. The van der Waals surface area contributed by atoms with E-state index in [0.717, 1.165) is 90.4 Å². The molecule has 0 aromatic heterocycles. The molecule has 0 aliphatic heterocycles. The van der Waals surface area contributed by atoms with Gasteiger partial charge in [0.2, 0.25) is 0 Å². The minimum absolute atomic E-state index is 0.336. The zero-order chi connectivity index (χ0) is 55.5. The van der Waals surface area contributed by atoms with E-state index in [9.17, 15) is 20.4 Å². The Morgan fingerprint density at radius 3 is 0.882 bits per heavy atom. The van der Waals surface area contributed by atoms with E-state index >= 15 is 0 Å². The SMILES string of the molecule is CCCCCCCCCCCCCCC(O)CN(CCCN(C)CCC[N+](=CC(O)CCCCCCCCCCCCC)CC(O)CCCCCCCCCCCCC)CC(O)CCCCCCCCCCCCCC. The van der Waals surface area contributed by atoms with Crippen molar-refractivity contribution in [1.29, 1.82) is 0 Å². The van der Waals surface area contributed by atoms with Crippen LogP contribution >= 0.6 is 0 Å². The molecule has 0 spiro atoms. The summed E-state index contributed by atoms with van der Waals surface area (Å²) in [6.07, 6.45) is 66.8. The molecule has 0 saturated carbocycles. The Balaban J connectivity index is 5.11. The quantitative estimate of drug-likeness (QED) is 0.0276. The van der Waals surface area contributed by atoms with E-state index in [1.807, 2.05) is 6.21 Å².